The van der Waals surface area contributed by atoms with E-state index in [2.05, 4.69) is 43.0 Å². The van der Waals surface area contributed by atoms with Crippen molar-refractivity contribution < 1.29 is 0 Å². The molecule has 0 fully saturated rings. The number of hydrogen-bond acceptors (Lipinski definition) is 3. The van der Waals surface area contributed by atoms with Crippen molar-refractivity contribution in [2.75, 3.05) is 5.73 Å². The van der Waals surface area contributed by atoms with E-state index in [1.165, 1.54) is 0 Å². The lowest BCUT2D eigenvalue weighted by atomic mass is 10.0. The first-order valence-corrected chi connectivity index (χ1v) is 8.31. The van der Waals surface area contributed by atoms with Crippen molar-refractivity contribution in [1.29, 1.82) is 0 Å². The highest BCUT2D eigenvalue weighted by atomic mass is 79.9. The summed E-state index contributed by atoms with van der Waals surface area (Å²) in [7, 11) is 1.86. The van der Waals surface area contributed by atoms with Gasteiger partial charge in [-0.25, -0.2) is 0 Å². The van der Waals surface area contributed by atoms with Crippen LogP contribution in [0.1, 0.15) is 0 Å². The number of aryl methyl sites for hydroxylation is 1. The quantitative estimate of drug-likeness (QED) is 0.648. The first kappa shape index (κ1) is 13.9. The van der Waals surface area contributed by atoms with E-state index >= 15 is 0 Å². The second kappa shape index (κ2) is 5.35. The Bertz CT molecular complexity index is 762. The minimum atomic E-state index is 0.667. The maximum Gasteiger partial charge on any atom is 0.129 e. The summed E-state index contributed by atoms with van der Waals surface area (Å²) < 4.78 is 3.82. The molecule has 0 radical (unpaired) electrons. The Balaban J connectivity index is 2.28. The molecule has 0 aliphatic carbocycles. The molecule has 0 atom stereocenters. The summed E-state index contributed by atoms with van der Waals surface area (Å²) in [5.41, 5.74) is 10.2. The molecule has 0 spiro atoms. The van der Waals surface area contributed by atoms with E-state index in [0.29, 0.717) is 5.82 Å². The van der Waals surface area contributed by atoms with Gasteiger partial charge < -0.3 is 5.73 Å². The summed E-state index contributed by atoms with van der Waals surface area (Å²) in [4.78, 5) is 0. The van der Waals surface area contributed by atoms with E-state index in [-0.39, 0.29) is 0 Å². The molecule has 0 aliphatic rings. The number of nitrogen functional groups attached to an aromatic ring is 1. The molecule has 0 saturated heterocycles. The Hall–Kier alpha value is -1.11. The number of aromatic nitrogens is 2. The summed E-state index contributed by atoms with van der Waals surface area (Å²) in [5, 5.41) is 4.58. The third-order valence-corrected chi connectivity index (χ3v) is 5.41. The molecule has 102 valence electrons. The van der Waals surface area contributed by atoms with Gasteiger partial charge in [0.2, 0.25) is 0 Å². The second-order valence-corrected chi connectivity index (χ2v) is 8.09. The Morgan fingerprint density at radius 2 is 1.90 bits per heavy atom. The Kier molecular flexibility index (Phi) is 3.70. The molecule has 2 aromatic heterocycles. The molecular formula is C14H11Br2N3S. The lowest BCUT2D eigenvalue weighted by Crippen LogP contribution is -1.97. The summed E-state index contributed by atoms with van der Waals surface area (Å²) in [5.74, 6) is 0.667. The van der Waals surface area contributed by atoms with E-state index in [1.54, 1.807) is 16.0 Å². The summed E-state index contributed by atoms with van der Waals surface area (Å²) in [6.07, 6.45) is 0. The fourth-order valence-electron chi connectivity index (χ4n) is 2.12. The molecule has 0 saturated carbocycles. The largest absolute Gasteiger partial charge is 0.383 e. The highest BCUT2D eigenvalue weighted by Crippen LogP contribution is 2.43. The van der Waals surface area contributed by atoms with Gasteiger partial charge in [-0.2, -0.15) is 5.10 Å². The molecule has 2 N–H and O–H groups in total. The smallest absolute Gasteiger partial charge is 0.129 e. The van der Waals surface area contributed by atoms with Crippen LogP contribution in [0.25, 0.3) is 22.4 Å². The van der Waals surface area contributed by atoms with Gasteiger partial charge in [0.05, 0.1) is 13.1 Å². The molecular weight excluding hydrogens is 402 g/mol. The van der Waals surface area contributed by atoms with E-state index in [4.69, 9.17) is 5.73 Å². The van der Waals surface area contributed by atoms with Crippen LogP contribution in [0, 0.1) is 0 Å². The molecule has 2 heterocycles. The molecule has 3 rings (SSSR count). The van der Waals surface area contributed by atoms with Gasteiger partial charge in [0.15, 0.2) is 0 Å². The predicted octanol–water partition coefficient (Wildman–Crippen LogP) is 4.92. The van der Waals surface area contributed by atoms with Crippen LogP contribution in [-0.4, -0.2) is 9.78 Å². The van der Waals surface area contributed by atoms with Crippen LogP contribution in [-0.2, 0) is 7.05 Å². The van der Waals surface area contributed by atoms with Gasteiger partial charge in [-0.1, -0.05) is 30.3 Å². The average Bonchev–Trinajstić information content (AvgIpc) is 2.91. The van der Waals surface area contributed by atoms with Crippen LogP contribution >= 0.6 is 43.2 Å². The lowest BCUT2D eigenvalue weighted by molar-refractivity contribution is 0.782. The van der Waals surface area contributed by atoms with E-state index in [9.17, 15) is 0 Å². The minimum absolute atomic E-state index is 0.667. The highest BCUT2D eigenvalue weighted by Gasteiger charge is 2.20. The second-order valence-electron chi connectivity index (χ2n) is 4.34. The van der Waals surface area contributed by atoms with Crippen molar-refractivity contribution in [2.24, 2.45) is 7.05 Å². The zero-order valence-electron chi connectivity index (χ0n) is 10.6. The molecule has 0 amide bonds. The molecule has 0 aliphatic heterocycles. The average molecular weight is 413 g/mol. The zero-order chi connectivity index (χ0) is 14.3. The van der Waals surface area contributed by atoms with Crippen LogP contribution in [0.2, 0.25) is 0 Å². The van der Waals surface area contributed by atoms with Gasteiger partial charge in [-0.15, -0.1) is 11.3 Å². The molecule has 6 heteroatoms. The standard InChI is InChI=1S/C14H11Br2N3S/c1-19-14(17)11(8-5-3-2-4-6-8)12(18-19)9-7-10(15)20-13(9)16/h2-7H,17H2,1H3. The number of hydrogen-bond donors (Lipinski definition) is 1. The van der Waals surface area contributed by atoms with E-state index in [1.807, 2.05) is 37.4 Å². The molecule has 3 aromatic rings. The molecule has 20 heavy (non-hydrogen) atoms. The van der Waals surface area contributed by atoms with Crippen LogP contribution in [0.15, 0.2) is 44.0 Å². The van der Waals surface area contributed by atoms with E-state index in [0.717, 1.165) is 30.0 Å². The first-order valence-electron chi connectivity index (χ1n) is 5.91. The number of halogens is 2. The van der Waals surface area contributed by atoms with Crippen molar-refractivity contribution in [3.05, 3.63) is 44.0 Å². The Morgan fingerprint density at radius 1 is 1.20 bits per heavy atom. The normalized spacial score (nSPS) is 10.9. The summed E-state index contributed by atoms with van der Waals surface area (Å²) in [6.45, 7) is 0. The predicted molar refractivity (Wildman–Crippen MR) is 91.8 cm³/mol. The van der Waals surface area contributed by atoms with Gasteiger partial charge in [-0.3, -0.25) is 4.68 Å². The van der Waals surface area contributed by atoms with Crippen LogP contribution < -0.4 is 5.73 Å². The fourth-order valence-corrected chi connectivity index (χ4v) is 4.92. The highest BCUT2D eigenvalue weighted by molar-refractivity contribution is 9.12. The van der Waals surface area contributed by atoms with Crippen LogP contribution in [0.3, 0.4) is 0 Å². The van der Waals surface area contributed by atoms with Gasteiger partial charge in [0, 0.05) is 12.6 Å². The minimum Gasteiger partial charge on any atom is -0.383 e. The monoisotopic (exact) mass is 411 g/mol. The van der Waals surface area contributed by atoms with Crippen molar-refractivity contribution in [3.8, 4) is 22.4 Å². The third-order valence-electron chi connectivity index (χ3n) is 3.07. The van der Waals surface area contributed by atoms with E-state index < -0.39 is 0 Å². The number of benzene rings is 1. The van der Waals surface area contributed by atoms with Crippen molar-refractivity contribution in [3.63, 3.8) is 0 Å². The lowest BCUT2D eigenvalue weighted by Gasteiger charge is -2.03. The van der Waals surface area contributed by atoms with Crippen molar-refractivity contribution in [1.82, 2.24) is 9.78 Å². The third kappa shape index (κ3) is 2.32. The van der Waals surface area contributed by atoms with Gasteiger partial charge in [0.1, 0.15) is 11.5 Å². The molecule has 0 unspecified atom stereocenters. The number of nitrogens with two attached hydrogens (primary N) is 1. The number of thiophene rings is 1. The zero-order valence-corrected chi connectivity index (χ0v) is 14.6. The maximum atomic E-state index is 6.21. The van der Waals surface area contributed by atoms with Gasteiger partial charge in [0.25, 0.3) is 0 Å². The fraction of sp³-hybridized carbons (Fsp3) is 0.0714. The van der Waals surface area contributed by atoms with Gasteiger partial charge in [-0.05, 0) is 43.5 Å². The summed E-state index contributed by atoms with van der Waals surface area (Å²) in [6, 6.07) is 12.2. The topological polar surface area (TPSA) is 43.8 Å². The van der Waals surface area contributed by atoms with Crippen LogP contribution in [0.5, 0.6) is 0 Å². The first-order chi connectivity index (χ1) is 9.58. The molecule has 0 bridgehead atoms. The molecule has 3 nitrogen and oxygen atoms in total. The maximum absolute atomic E-state index is 6.21. The van der Waals surface area contributed by atoms with Crippen LogP contribution in [0.4, 0.5) is 5.82 Å². The van der Waals surface area contributed by atoms with Crippen molar-refractivity contribution in [2.45, 2.75) is 0 Å². The SMILES string of the molecule is Cn1nc(-c2cc(Br)sc2Br)c(-c2ccccc2)c1N. The number of nitrogens with zero attached hydrogens (tertiary/aromatic N) is 2. The summed E-state index contributed by atoms with van der Waals surface area (Å²) >= 11 is 8.73. The Morgan fingerprint density at radius 3 is 2.50 bits per heavy atom. The number of anilines is 1. The number of rotatable bonds is 2. The Labute approximate surface area is 137 Å². The van der Waals surface area contributed by atoms with Gasteiger partial charge >= 0.3 is 0 Å². The molecule has 1 aromatic carbocycles. The van der Waals surface area contributed by atoms with Crippen molar-refractivity contribution >= 4 is 49.0 Å².